The van der Waals surface area contributed by atoms with E-state index in [9.17, 15) is 13.2 Å². The summed E-state index contributed by atoms with van der Waals surface area (Å²) in [6.45, 7) is 3.91. The number of carbonyl (C=O) groups excluding carboxylic acids is 1. The summed E-state index contributed by atoms with van der Waals surface area (Å²) < 4.78 is 32.4. The summed E-state index contributed by atoms with van der Waals surface area (Å²) in [4.78, 5) is 11.6. The summed E-state index contributed by atoms with van der Waals surface area (Å²) in [5.74, 6) is -0.392. The Kier molecular flexibility index (Phi) is 6.87. The molecule has 0 atom stereocenters. The Morgan fingerprint density at radius 2 is 2.00 bits per heavy atom. The molecule has 1 saturated heterocycles. The van der Waals surface area contributed by atoms with E-state index < -0.39 is 10.2 Å². The van der Waals surface area contributed by atoms with Crippen LogP contribution in [0.15, 0.2) is 0 Å². The van der Waals surface area contributed by atoms with Gasteiger partial charge >= 0.3 is 5.97 Å². The Hall–Kier alpha value is -0.700. The number of hydrogen-bond donors (Lipinski definition) is 1. The van der Waals surface area contributed by atoms with Crippen LogP contribution in [-0.2, 0) is 19.7 Å². The summed E-state index contributed by atoms with van der Waals surface area (Å²) in [5.41, 5.74) is 0. The minimum Gasteiger partial charge on any atom is -0.466 e. The third-order valence-electron chi connectivity index (χ3n) is 3.47. The van der Waals surface area contributed by atoms with Crippen LogP contribution in [0.25, 0.3) is 0 Å². The molecule has 1 heterocycles. The normalized spacial score (nSPS) is 18.4. The molecule has 1 fully saturated rings. The van der Waals surface area contributed by atoms with Gasteiger partial charge in [-0.2, -0.15) is 17.0 Å². The fourth-order valence-electron chi connectivity index (χ4n) is 2.16. The number of hydrogen-bond acceptors (Lipinski definition) is 5. The van der Waals surface area contributed by atoms with Gasteiger partial charge in [0.1, 0.15) is 0 Å². The molecule has 0 amide bonds. The predicted octanol–water partition coefficient (Wildman–Crippen LogP) is -0.342. The highest BCUT2D eigenvalue weighted by Crippen LogP contribution is 2.21. The lowest BCUT2D eigenvalue weighted by Gasteiger charge is -2.32. The van der Waals surface area contributed by atoms with E-state index in [4.69, 9.17) is 4.74 Å². The zero-order chi connectivity index (χ0) is 15.2. The zero-order valence-corrected chi connectivity index (χ0v) is 13.3. The van der Waals surface area contributed by atoms with E-state index >= 15 is 0 Å². The molecule has 1 N–H and O–H groups in total. The lowest BCUT2D eigenvalue weighted by atomic mass is 9.98. The van der Waals surface area contributed by atoms with Gasteiger partial charge in [-0.05, 0) is 26.8 Å². The molecule has 0 radical (unpaired) electrons. The Morgan fingerprint density at radius 1 is 1.40 bits per heavy atom. The molecule has 8 heteroatoms. The van der Waals surface area contributed by atoms with E-state index in [1.54, 1.807) is 21.0 Å². The Morgan fingerprint density at radius 3 is 2.50 bits per heavy atom. The standard InChI is InChI=1S/C12H25N3O4S/c1-4-19-12(16)11-5-8-15(9-6-11)20(17,18)14(3)10-7-13-2/h11,13H,4-10H2,1-3H3. The summed E-state index contributed by atoms with van der Waals surface area (Å²) in [7, 11) is -0.0646. The van der Waals surface area contributed by atoms with Crippen molar-refractivity contribution in [3.05, 3.63) is 0 Å². The molecular formula is C12H25N3O4S. The summed E-state index contributed by atoms with van der Waals surface area (Å²) in [6.07, 6.45) is 1.05. The molecule has 0 aromatic heterocycles. The van der Waals surface area contributed by atoms with Crippen LogP contribution in [0.4, 0.5) is 0 Å². The molecule has 0 bridgehead atoms. The van der Waals surface area contributed by atoms with Crippen molar-refractivity contribution >= 4 is 16.2 Å². The van der Waals surface area contributed by atoms with Crippen molar-refractivity contribution in [1.29, 1.82) is 0 Å². The van der Waals surface area contributed by atoms with Crippen molar-refractivity contribution in [2.45, 2.75) is 19.8 Å². The van der Waals surface area contributed by atoms with E-state index in [0.717, 1.165) is 0 Å². The highest BCUT2D eigenvalue weighted by molar-refractivity contribution is 7.86. The van der Waals surface area contributed by atoms with Gasteiger partial charge in [0.25, 0.3) is 10.2 Å². The molecule has 1 aliphatic heterocycles. The zero-order valence-electron chi connectivity index (χ0n) is 12.5. The molecule has 0 saturated carbocycles. The van der Waals surface area contributed by atoms with Crippen LogP contribution in [0.1, 0.15) is 19.8 Å². The predicted molar refractivity (Wildman–Crippen MR) is 76.4 cm³/mol. The monoisotopic (exact) mass is 307 g/mol. The number of nitrogens with one attached hydrogen (secondary N) is 1. The average molecular weight is 307 g/mol. The maximum Gasteiger partial charge on any atom is 0.309 e. The van der Waals surface area contributed by atoms with Crippen LogP contribution in [0.3, 0.4) is 0 Å². The van der Waals surface area contributed by atoms with Gasteiger partial charge in [-0.3, -0.25) is 4.79 Å². The SMILES string of the molecule is CCOC(=O)C1CCN(S(=O)(=O)N(C)CCNC)CC1. The van der Waals surface area contributed by atoms with E-state index in [-0.39, 0.29) is 11.9 Å². The maximum absolute atomic E-state index is 12.3. The first-order chi connectivity index (χ1) is 9.43. The van der Waals surface area contributed by atoms with Crippen molar-refractivity contribution in [3.8, 4) is 0 Å². The Labute approximate surface area is 121 Å². The minimum absolute atomic E-state index is 0.177. The van der Waals surface area contributed by atoms with Crippen molar-refractivity contribution in [2.75, 3.05) is 46.9 Å². The molecule has 1 aliphatic rings. The highest BCUT2D eigenvalue weighted by Gasteiger charge is 2.33. The minimum atomic E-state index is -3.42. The van der Waals surface area contributed by atoms with Crippen molar-refractivity contribution in [3.63, 3.8) is 0 Å². The maximum atomic E-state index is 12.3. The molecule has 0 aromatic carbocycles. The van der Waals surface area contributed by atoms with Crippen molar-refractivity contribution in [1.82, 2.24) is 13.9 Å². The lowest BCUT2D eigenvalue weighted by Crippen LogP contribution is -2.47. The summed E-state index contributed by atoms with van der Waals surface area (Å²) >= 11 is 0. The second-order valence-corrected chi connectivity index (χ2v) is 6.89. The van der Waals surface area contributed by atoms with Gasteiger partial charge in [0.15, 0.2) is 0 Å². The van der Waals surface area contributed by atoms with Crippen LogP contribution in [-0.4, -0.2) is 69.9 Å². The first-order valence-corrected chi connectivity index (χ1v) is 8.35. The highest BCUT2D eigenvalue weighted by atomic mass is 32.2. The van der Waals surface area contributed by atoms with Gasteiger partial charge < -0.3 is 10.1 Å². The number of esters is 1. The van der Waals surface area contributed by atoms with Gasteiger partial charge in [-0.1, -0.05) is 0 Å². The van der Waals surface area contributed by atoms with Crippen LogP contribution in [0, 0.1) is 5.92 Å². The van der Waals surface area contributed by atoms with Gasteiger partial charge in [0, 0.05) is 33.2 Å². The van der Waals surface area contributed by atoms with Crippen LogP contribution >= 0.6 is 0 Å². The number of carbonyl (C=O) groups is 1. The fraction of sp³-hybridized carbons (Fsp3) is 0.917. The molecule has 0 spiro atoms. The Bertz CT molecular complexity index is 405. The first-order valence-electron chi connectivity index (χ1n) is 6.96. The third kappa shape index (κ3) is 4.41. The molecule has 20 heavy (non-hydrogen) atoms. The van der Waals surface area contributed by atoms with Crippen molar-refractivity contribution < 1.29 is 17.9 Å². The van der Waals surface area contributed by atoms with Gasteiger partial charge in [0.2, 0.25) is 0 Å². The lowest BCUT2D eigenvalue weighted by molar-refractivity contribution is -0.149. The van der Waals surface area contributed by atoms with Crippen molar-refractivity contribution in [2.24, 2.45) is 5.92 Å². The number of likely N-dealkylation sites (N-methyl/N-ethyl adjacent to an activating group) is 2. The molecule has 0 aromatic rings. The number of ether oxygens (including phenoxy) is 1. The van der Waals surface area contributed by atoms with Gasteiger partial charge in [-0.15, -0.1) is 0 Å². The summed E-state index contributed by atoms with van der Waals surface area (Å²) in [6, 6.07) is 0. The topological polar surface area (TPSA) is 79.0 Å². The van der Waals surface area contributed by atoms with E-state index in [1.807, 2.05) is 0 Å². The second-order valence-electron chi connectivity index (χ2n) is 4.86. The largest absolute Gasteiger partial charge is 0.466 e. The van der Waals surface area contributed by atoms with Crippen LogP contribution in [0.2, 0.25) is 0 Å². The van der Waals surface area contributed by atoms with Gasteiger partial charge in [-0.25, -0.2) is 0 Å². The number of nitrogens with zero attached hydrogens (tertiary/aromatic N) is 2. The van der Waals surface area contributed by atoms with E-state index in [1.165, 1.54) is 8.61 Å². The van der Waals surface area contributed by atoms with E-state index in [2.05, 4.69) is 5.32 Å². The van der Waals surface area contributed by atoms with Crippen LogP contribution in [0.5, 0.6) is 0 Å². The first kappa shape index (κ1) is 17.4. The van der Waals surface area contributed by atoms with Crippen LogP contribution < -0.4 is 5.32 Å². The number of piperidine rings is 1. The molecule has 0 aliphatic carbocycles. The number of rotatable bonds is 7. The summed E-state index contributed by atoms with van der Waals surface area (Å²) in [5, 5.41) is 2.92. The molecular weight excluding hydrogens is 282 g/mol. The van der Waals surface area contributed by atoms with Gasteiger partial charge in [0.05, 0.1) is 12.5 Å². The quantitative estimate of drug-likeness (QED) is 0.651. The fourth-order valence-corrected chi connectivity index (χ4v) is 3.55. The molecule has 0 unspecified atom stereocenters. The Balaban J connectivity index is 2.53. The average Bonchev–Trinajstić information content (AvgIpc) is 2.45. The molecule has 118 valence electrons. The molecule has 7 nitrogen and oxygen atoms in total. The second kappa shape index (κ2) is 7.92. The molecule has 1 rings (SSSR count). The third-order valence-corrected chi connectivity index (χ3v) is 5.46. The van der Waals surface area contributed by atoms with E-state index in [0.29, 0.717) is 45.6 Å². The smallest absolute Gasteiger partial charge is 0.309 e.